The molecule has 0 saturated heterocycles. The summed E-state index contributed by atoms with van der Waals surface area (Å²) in [5.74, 6) is -0.810. The number of halogens is 3. The van der Waals surface area contributed by atoms with E-state index in [-0.39, 0.29) is 30.2 Å². The van der Waals surface area contributed by atoms with Crippen molar-refractivity contribution in [3.8, 4) is 11.1 Å². The van der Waals surface area contributed by atoms with Crippen LogP contribution in [-0.4, -0.2) is 46.7 Å². The van der Waals surface area contributed by atoms with Crippen LogP contribution in [-0.2, 0) is 22.2 Å². The second kappa shape index (κ2) is 7.37. The molecule has 10 heteroatoms. The lowest BCUT2D eigenvalue weighted by atomic mass is 10.1. The average molecular weight is 394 g/mol. The van der Waals surface area contributed by atoms with E-state index in [2.05, 4.69) is 10.3 Å². The van der Waals surface area contributed by atoms with E-state index >= 15 is 0 Å². The molecular weight excluding hydrogens is 377 g/mol. The van der Waals surface area contributed by atoms with Gasteiger partial charge in [-0.25, -0.2) is 4.98 Å². The lowest BCUT2D eigenvalue weighted by Crippen LogP contribution is -2.36. The molecule has 0 aliphatic rings. The van der Waals surface area contributed by atoms with Crippen LogP contribution >= 0.6 is 0 Å². The van der Waals surface area contributed by atoms with Gasteiger partial charge in [0.2, 0.25) is 11.8 Å². The van der Waals surface area contributed by atoms with E-state index in [4.69, 9.17) is 4.42 Å². The number of hydrogen-bond donors (Lipinski definition) is 1. The summed E-state index contributed by atoms with van der Waals surface area (Å²) in [7, 11) is 3.10. The van der Waals surface area contributed by atoms with Crippen LogP contribution in [0.5, 0.6) is 0 Å². The van der Waals surface area contributed by atoms with Gasteiger partial charge >= 0.3 is 6.18 Å². The van der Waals surface area contributed by atoms with Gasteiger partial charge in [-0.15, -0.1) is 0 Å². The van der Waals surface area contributed by atoms with Gasteiger partial charge in [0.05, 0.1) is 36.7 Å². The Labute approximate surface area is 157 Å². The minimum atomic E-state index is -4.62. The van der Waals surface area contributed by atoms with Crippen molar-refractivity contribution in [3.05, 3.63) is 48.3 Å². The van der Waals surface area contributed by atoms with Gasteiger partial charge in [0.1, 0.15) is 5.65 Å². The quantitative estimate of drug-likeness (QED) is 0.721. The summed E-state index contributed by atoms with van der Waals surface area (Å²) >= 11 is 0. The van der Waals surface area contributed by atoms with Crippen LogP contribution in [0.4, 0.5) is 13.2 Å². The van der Waals surface area contributed by atoms with Crippen LogP contribution in [0.25, 0.3) is 16.8 Å². The number of carbonyl (C=O) groups is 2. The van der Waals surface area contributed by atoms with Crippen molar-refractivity contribution in [1.29, 1.82) is 0 Å². The zero-order valence-electron chi connectivity index (χ0n) is 15.1. The normalized spacial score (nSPS) is 11.6. The minimum absolute atomic E-state index is 0.157. The van der Waals surface area contributed by atoms with E-state index in [0.29, 0.717) is 11.1 Å². The van der Waals surface area contributed by atoms with E-state index in [1.54, 1.807) is 20.2 Å². The number of nitrogens with zero attached hydrogens (tertiary/aromatic N) is 3. The maximum absolute atomic E-state index is 13.5. The Morgan fingerprint density at radius 2 is 2.00 bits per heavy atom. The number of likely N-dealkylation sites (N-methyl/N-ethyl adjacent to an activating group) is 1. The molecule has 0 spiro atoms. The molecule has 0 aromatic carbocycles. The Hall–Kier alpha value is -3.30. The standard InChI is InChI=1S/C18H17F3N4O3/c1-24(2)16(27)7-22-15(26)6-13-9-25-8-12(11-3-4-28-10-11)5-14(17(25)23-13)18(19,20)21/h3-5,8-10H,6-7H2,1-2H3,(H,22,26). The van der Waals surface area contributed by atoms with Gasteiger partial charge < -0.3 is 19.0 Å². The van der Waals surface area contributed by atoms with Crippen molar-refractivity contribution in [3.63, 3.8) is 0 Å². The molecule has 28 heavy (non-hydrogen) atoms. The molecule has 3 aromatic heterocycles. The summed E-state index contributed by atoms with van der Waals surface area (Å²) in [5.41, 5.74) is -0.265. The molecule has 0 radical (unpaired) electrons. The first-order valence-electron chi connectivity index (χ1n) is 8.23. The highest BCUT2D eigenvalue weighted by Gasteiger charge is 2.35. The summed E-state index contributed by atoms with van der Waals surface area (Å²) in [6.45, 7) is -0.197. The van der Waals surface area contributed by atoms with E-state index in [9.17, 15) is 22.8 Å². The van der Waals surface area contributed by atoms with Crippen molar-refractivity contribution in [2.45, 2.75) is 12.6 Å². The number of furan rings is 1. The zero-order chi connectivity index (χ0) is 20.5. The van der Waals surface area contributed by atoms with Crippen LogP contribution in [0, 0.1) is 0 Å². The van der Waals surface area contributed by atoms with Gasteiger partial charge in [0.25, 0.3) is 0 Å². The lowest BCUT2D eigenvalue weighted by molar-refractivity contribution is -0.136. The van der Waals surface area contributed by atoms with Crippen LogP contribution in [0.15, 0.2) is 41.5 Å². The summed E-state index contributed by atoms with van der Waals surface area (Å²) in [6, 6.07) is 2.54. The predicted octanol–water partition coefficient (Wildman–Crippen LogP) is 2.36. The fraction of sp³-hybridized carbons (Fsp3) is 0.278. The molecule has 2 amide bonds. The van der Waals surface area contributed by atoms with E-state index < -0.39 is 17.6 Å². The number of alkyl halides is 3. The zero-order valence-corrected chi connectivity index (χ0v) is 15.1. The molecule has 0 unspecified atom stereocenters. The fourth-order valence-electron chi connectivity index (χ4n) is 2.59. The maximum Gasteiger partial charge on any atom is 0.420 e. The molecular formula is C18H17F3N4O3. The molecule has 3 heterocycles. The highest BCUT2D eigenvalue weighted by atomic mass is 19.4. The van der Waals surface area contributed by atoms with Crippen LogP contribution in [0.1, 0.15) is 11.3 Å². The van der Waals surface area contributed by atoms with E-state index in [1.165, 1.54) is 34.2 Å². The topological polar surface area (TPSA) is 79.9 Å². The van der Waals surface area contributed by atoms with Crippen molar-refractivity contribution in [2.24, 2.45) is 0 Å². The van der Waals surface area contributed by atoms with Gasteiger partial charge in [-0.1, -0.05) is 0 Å². The molecule has 0 saturated carbocycles. The van der Waals surface area contributed by atoms with Crippen LogP contribution in [0.3, 0.4) is 0 Å². The molecule has 3 aromatic rings. The third-order valence-corrected chi connectivity index (χ3v) is 4.04. The third-order valence-electron chi connectivity index (χ3n) is 4.04. The Morgan fingerprint density at radius 3 is 2.61 bits per heavy atom. The predicted molar refractivity (Wildman–Crippen MR) is 93.3 cm³/mol. The largest absolute Gasteiger partial charge is 0.472 e. The summed E-state index contributed by atoms with van der Waals surface area (Å²) < 4.78 is 46.7. The number of rotatable bonds is 5. The van der Waals surface area contributed by atoms with E-state index in [0.717, 1.165) is 6.07 Å². The molecule has 7 nitrogen and oxygen atoms in total. The maximum atomic E-state index is 13.5. The second-order valence-electron chi connectivity index (χ2n) is 6.36. The van der Waals surface area contributed by atoms with Crippen LogP contribution in [0.2, 0.25) is 0 Å². The molecule has 0 bridgehead atoms. The third kappa shape index (κ3) is 4.16. The summed E-state index contributed by atoms with van der Waals surface area (Å²) in [5, 5.41) is 2.42. The van der Waals surface area contributed by atoms with Gasteiger partial charge in [-0.05, 0) is 12.1 Å². The highest BCUT2D eigenvalue weighted by molar-refractivity contribution is 5.85. The van der Waals surface area contributed by atoms with E-state index in [1.807, 2.05) is 0 Å². The van der Waals surface area contributed by atoms with Crippen molar-refractivity contribution in [2.75, 3.05) is 20.6 Å². The molecule has 3 rings (SSSR count). The Balaban J connectivity index is 1.90. The number of imidazole rings is 1. The number of carbonyl (C=O) groups excluding carboxylic acids is 2. The number of nitrogens with one attached hydrogen (secondary N) is 1. The number of hydrogen-bond acceptors (Lipinski definition) is 4. The lowest BCUT2D eigenvalue weighted by Gasteiger charge is -2.10. The molecule has 0 atom stereocenters. The highest BCUT2D eigenvalue weighted by Crippen LogP contribution is 2.35. The smallest absolute Gasteiger partial charge is 0.420 e. The van der Waals surface area contributed by atoms with Crippen molar-refractivity contribution >= 4 is 17.5 Å². The van der Waals surface area contributed by atoms with Gasteiger partial charge in [-0.2, -0.15) is 13.2 Å². The monoisotopic (exact) mass is 394 g/mol. The van der Waals surface area contributed by atoms with Crippen LogP contribution < -0.4 is 5.32 Å². The number of amides is 2. The van der Waals surface area contributed by atoms with Gasteiger partial charge in [0, 0.05) is 37.6 Å². The molecule has 0 aliphatic carbocycles. The number of fused-ring (bicyclic) bond motifs is 1. The molecule has 0 fully saturated rings. The minimum Gasteiger partial charge on any atom is -0.472 e. The fourth-order valence-corrected chi connectivity index (χ4v) is 2.59. The van der Waals surface area contributed by atoms with Gasteiger partial charge in [0.15, 0.2) is 0 Å². The average Bonchev–Trinajstić information content (AvgIpc) is 3.26. The molecule has 0 aliphatic heterocycles. The first-order chi connectivity index (χ1) is 13.1. The summed E-state index contributed by atoms with van der Waals surface area (Å²) in [4.78, 5) is 28.8. The Bertz CT molecular complexity index is 1010. The molecule has 148 valence electrons. The SMILES string of the molecule is CN(C)C(=O)CNC(=O)Cc1cn2cc(-c3ccoc3)cc(C(F)(F)F)c2n1. The number of aromatic nitrogens is 2. The first-order valence-corrected chi connectivity index (χ1v) is 8.23. The Morgan fingerprint density at radius 1 is 1.25 bits per heavy atom. The molecule has 1 N–H and O–H groups in total. The number of pyridine rings is 1. The van der Waals surface area contributed by atoms with Crippen molar-refractivity contribution in [1.82, 2.24) is 19.6 Å². The second-order valence-corrected chi connectivity index (χ2v) is 6.36. The van der Waals surface area contributed by atoms with Crippen molar-refractivity contribution < 1.29 is 27.2 Å². The Kier molecular flexibility index (Phi) is 5.12. The van der Waals surface area contributed by atoms with Gasteiger partial charge in [-0.3, -0.25) is 9.59 Å². The summed E-state index contributed by atoms with van der Waals surface area (Å²) in [6.07, 6.45) is 0.686. The first kappa shape index (κ1) is 19.5.